The van der Waals surface area contributed by atoms with Crippen LogP contribution in [0.15, 0.2) is 66.9 Å². The van der Waals surface area contributed by atoms with Crippen molar-refractivity contribution < 1.29 is 0 Å². The molecule has 0 aliphatic rings. The number of rotatable bonds is 2. The van der Waals surface area contributed by atoms with E-state index in [1.54, 1.807) is 0 Å². The summed E-state index contributed by atoms with van der Waals surface area (Å²) in [7, 11) is 0. The Hall–Kier alpha value is -3.39. The molecule has 0 unspecified atom stereocenters. The summed E-state index contributed by atoms with van der Waals surface area (Å²) < 4.78 is 2.45. The van der Waals surface area contributed by atoms with Crippen molar-refractivity contribution in [1.29, 1.82) is 0 Å². The molecule has 0 atom stereocenters. The molecule has 3 aromatic carbocycles. The Kier molecular flexibility index (Phi) is 3.96. The molecule has 0 aliphatic carbocycles. The van der Waals surface area contributed by atoms with Crippen LogP contribution in [0.25, 0.3) is 49.4 Å². The molecule has 0 N–H and O–H groups in total. The Morgan fingerprint density at radius 1 is 0.750 bits per heavy atom. The molecule has 0 saturated heterocycles. The normalized spacial score (nSPS) is 12.7. The summed E-state index contributed by atoms with van der Waals surface area (Å²) in [5.74, 6) is 0. The standard InChI is InChI=1S/C30H28N2/c1-18-11-19(2)13-21(12-18)26-15-28-25(17-31-26)23-8-6-7-22-24-14-20(16-30(3,4)5)9-10-27(24)32(28)29(22)23/h6-15,17H,16H2,1-5H3. The van der Waals surface area contributed by atoms with Crippen molar-refractivity contribution in [3.8, 4) is 11.3 Å². The lowest BCUT2D eigenvalue weighted by Crippen LogP contribution is -2.08. The lowest BCUT2D eigenvalue weighted by atomic mass is 9.88. The number of aromatic nitrogens is 2. The highest BCUT2D eigenvalue weighted by molar-refractivity contribution is 6.23. The lowest BCUT2D eigenvalue weighted by Gasteiger charge is -2.18. The molecule has 2 heteroatoms. The van der Waals surface area contributed by atoms with E-state index < -0.39 is 0 Å². The zero-order valence-corrected chi connectivity index (χ0v) is 19.5. The number of aryl methyl sites for hydroxylation is 2. The van der Waals surface area contributed by atoms with Gasteiger partial charge in [-0.05, 0) is 61.6 Å². The quantitative estimate of drug-likeness (QED) is 0.279. The molecule has 6 aromatic rings. The van der Waals surface area contributed by atoms with Crippen LogP contribution in [0.2, 0.25) is 0 Å². The van der Waals surface area contributed by atoms with Crippen LogP contribution in [0, 0.1) is 19.3 Å². The van der Waals surface area contributed by atoms with Gasteiger partial charge in [-0.25, -0.2) is 0 Å². The lowest BCUT2D eigenvalue weighted by molar-refractivity contribution is 0.411. The number of hydrogen-bond donors (Lipinski definition) is 0. The molecular formula is C30H28N2. The molecule has 0 amide bonds. The van der Waals surface area contributed by atoms with Gasteiger partial charge in [0.25, 0.3) is 0 Å². The van der Waals surface area contributed by atoms with Crippen molar-refractivity contribution in [3.05, 3.63) is 83.6 Å². The number of benzene rings is 3. The van der Waals surface area contributed by atoms with Gasteiger partial charge in [0.2, 0.25) is 0 Å². The highest BCUT2D eigenvalue weighted by atomic mass is 14.9. The fourth-order valence-electron chi connectivity index (χ4n) is 5.42. The minimum atomic E-state index is 0.271. The smallest absolute Gasteiger partial charge is 0.0723 e. The van der Waals surface area contributed by atoms with Crippen LogP contribution in [0.3, 0.4) is 0 Å². The first-order chi connectivity index (χ1) is 15.3. The summed E-state index contributed by atoms with van der Waals surface area (Å²) in [6, 6.07) is 22.6. The van der Waals surface area contributed by atoms with E-state index in [-0.39, 0.29) is 5.41 Å². The average molecular weight is 417 g/mol. The van der Waals surface area contributed by atoms with Gasteiger partial charge < -0.3 is 4.40 Å². The minimum absolute atomic E-state index is 0.271. The monoisotopic (exact) mass is 416 g/mol. The maximum absolute atomic E-state index is 4.87. The first-order valence-corrected chi connectivity index (χ1v) is 11.4. The number of para-hydroxylation sites is 1. The molecule has 32 heavy (non-hydrogen) atoms. The number of fused-ring (bicyclic) bond motifs is 6. The predicted octanol–water partition coefficient (Wildman–Crippen LogP) is 8.10. The molecule has 0 saturated carbocycles. The van der Waals surface area contributed by atoms with Gasteiger partial charge in [0.15, 0.2) is 0 Å². The van der Waals surface area contributed by atoms with Crippen LogP contribution >= 0.6 is 0 Å². The van der Waals surface area contributed by atoms with Gasteiger partial charge >= 0.3 is 0 Å². The Morgan fingerprint density at radius 3 is 2.19 bits per heavy atom. The summed E-state index contributed by atoms with van der Waals surface area (Å²) in [6.45, 7) is 11.2. The first kappa shape index (κ1) is 19.3. The van der Waals surface area contributed by atoms with E-state index in [4.69, 9.17) is 4.98 Å². The van der Waals surface area contributed by atoms with Crippen LogP contribution in [-0.4, -0.2) is 9.38 Å². The maximum Gasteiger partial charge on any atom is 0.0723 e. The van der Waals surface area contributed by atoms with Gasteiger partial charge in [-0.15, -0.1) is 0 Å². The Bertz CT molecular complexity index is 1620. The molecule has 0 radical (unpaired) electrons. The zero-order valence-electron chi connectivity index (χ0n) is 19.5. The van der Waals surface area contributed by atoms with Crippen molar-refractivity contribution in [2.45, 2.75) is 41.0 Å². The largest absolute Gasteiger partial charge is 0.308 e. The van der Waals surface area contributed by atoms with E-state index in [0.717, 1.165) is 12.1 Å². The average Bonchev–Trinajstić information content (AvgIpc) is 3.23. The molecule has 6 rings (SSSR count). The topological polar surface area (TPSA) is 17.3 Å². The zero-order chi connectivity index (χ0) is 22.2. The minimum Gasteiger partial charge on any atom is -0.308 e. The molecule has 158 valence electrons. The second-order valence-corrected chi connectivity index (χ2v) is 10.6. The third-order valence-corrected chi connectivity index (χ3v) is 6.52. The van der Waals surface area contributed by atoms with Gasteiger partial charge in [-0.1, -0.05) is 62.2 Å². The van der Waals surface area contributed by atoms with Gasteiger partial charge in [0, 0.05) is 33.3 Å². The van der Waals surface area contributed by atoms with Crippen LogP contribution in [0.1, 0.15) is 37.5 Å². The third kappa shape index (κ3) is 2.90. The van der Waals surface area contributed by atoms with E-state index in [1.807, 2.05) is 0 Å². The van der Waals surface area contributed by atoms with E-state index in [1.165, 1.54) is 60.3 Å². The highest BCUT2D eigenvalue weighted by Crippen LogP contribution is 2.40. The molecule has 3 aromatic heterocycles. The summed E-state index contributed by atoms with van der Waals surface area (Å²) in [5.41, 5.74) is 10.2. The van der Waals surface area contributed by atoms with Crippen molar-refractivity contribution in [1.82, 2.24) is 9.38 Å². The number of nitrogens with zero attached hydrogens (tertiary/aromatic N) is 2. The first-order valence-electron chi connectivity index (χ1n) is 11.4. The van der Waals surface area contributed by atoms with Crippen LogP contribution in [0.4, 0.5) is 0 Å². The second kappa shape index (κ2) is 6.56. The third-order valence-electron chi connectivity index (χ3n) is 6.52. The van der Waals surface area contributed by atoms with Crippen molar-refractivity contribution >= 4 is 38.1 Å². The molecular weight excluding hydrogens is 388 g/mol. The van der Waals surface area contributed by atoms with Gasteiger partial charge in [-0.3, -0.25) is 4.98 Å². The van der Waals surface area contributed by atoms with E-state index in [2.05, 4.69) is 106 Å². The molecule has 3 heterocycles. The summed E-state index contributed by atoms with van der Waals surface area (Å²) in [6.07, 6.45) is 3.14. The van der Waals surface area contributed by atoms with Crippen molar-refractivity contribution in [2.24, 2.45) is 5.41 Å². The highest BCUT2D eigenvalue weighted by Gasteiger charge is 2.19. The Morgan fingerprint density at radius 2 is 1.47 bits per heavy atom. The molecule has 2 nitrogen and oxygen atoms in total. The van der Waals surface area contributed by atoms with Gasteiger partial charge in [0.05, 0.1) is 22.2 Å². The SMILES string of the molecule is Cc1cc(C)cc(-c2cc3c(cn2)c2cccc4c5cc(CC(C)(C)C)ccc5n3c42)c1. The van der Waals surface area contributed by atoms with Crippen LogP contribution in [0.5, 0.6) is 0 Å². The van der Waals surface area contributed by atoms with Gasteiger partial charge in [-0.2, -0.15) is 0 Å². The molecule has 0 fully saturated rings. The van der Waals surface area contributed by atoms with Crippen LogP contribution in [-0.2, 0) is 6.42 Å². The van der Waals surface area contributed by atoms with E-state index >= 15 is 0 Å². The number of pyridine rings is 1. The van der Waals surface area contributed by atoms with Crippen LogP contribution < -0.4 is 0 Å². The Balaban J connectivity index is 1.67. The second-order valence-electron chi connectivity index (χ2n) is 10.6. The Labute approximate surface area is 188 Å². The molecule has 0 aliphatic heterocycles. The summed E-state index contributed by atoms with van der Waals surface area (Å²) >= 11 is 0. The van der Waals surface area contributed by atoms with Crippen molar-refractivity contribution in [2.75, 3.05) is 0 Å². The van der Waals surface area contributed by atoms with Crippen molar-refractivity contribution in [3.63, 3.8) is 0 Å². The summed E-state index contributed by atoms with van der Waals surface area (Å²) in [5, 5.41) is 5.18. The molecule has 0 bridgehead atoms. The van der Waals surface area contributed by atoms with Gasteiger partial charge in [0.1, 0.15) is 0 Å². The maximum atomic E-state index is 4.87. The molecule has 0 spiro atoms. The fraction of sp³-hybridized carbons (Fsp3) is 0.233. The van der Waals surface area contributed by atoms with E-state index in [0.29, 0.717) is 0 Å². The predicted molar refractivity (Wildman–Crippen MR) is 137 cm³/mol. The number of hydrogen-bond acceptors (Lipinski definition) is 1. The summed E-state index contributed by atoms with van der Waals surface area (Å²) in [4.78, 5) is 4.87. The fourth-order valence-corrected chi connectivity index (χ4v) is 5.42. The van der Waals surface area contributed by atoms with E-state index in [9.17, 15) is 0 Å².